The zero-order chi connectivity index (χ0) is 17.0. The molecule has 0 radical (unpaired) electrons. The van der Waals surface area contributed by atoms with Crippen molar-refractivity contribution >= 4 is 5.91 Å². The molecule has 1 aromatic carbocycles. The first-order valence-corrected chi connectivity index (χ1v) is 8.92. The van der Waals surface area contributed by atoms with E-state index in [2.05, 4.69) is 17.1 Å². The number of ether oxygens (including phenoxy) is 1. The molecule has 1 N–H and O–H groups in total. The second-order valence-electron chi connectivity index (χ2n) is 7.42. The van der Waals surface area contributed by atoms with Gasteiger partial charge in [0, 0.05) is 39.3 Å². The lowest BCUT2D eigenvalue weighted by molar-refractivity contribution is -0.132. The standard InChI is InChI=1S/C19H29N3O2/c1-19(6-7-20-14-19)15-21-8-10-22(11-9-21)18(23)13-16-4-3-5-17(12-16)24-2/h3-5,12,20H,6-11,13-15H2,1-2H3. The molecule has 0 saturated carbocycles. The predicted octanol–water partition coefficient (Wildman–Crippen LogP) is 1.38. The Bertz CT molecular complexity index is 561. The number of amides is 1. The van der Waals surface area contributed by atoms with Gasteiger partial charge in [-0.15, -0.1) is 0 Å². The van der Waals surface area contributed by atoms with Crippen molar-refractivity contribution in [1.29, 1.82) is 0 Å². The third kappa shape index (κ3) is 4.28. The number of methoxy groups -OCH3 is 1. The molecule has 5 nitrogen and oxygen atoms in total. The van der Waals surface area contributed by atoms with E-state index < -0.39 is 0 Å². The third-order valence-corrected chi connectivity index (χ3v) is 5.28. The van der Waals surface area contributed by atoms with Crippen molar-refractivity contribution in [2.75, 3.05) is 52.9 Å². The second-order valence-corrected chi connectivity index (χ2v) is 7.42. The van der Waals surface area contributed by atoms with Gasteiger partial charge in [0.05, 0.1) is 13.5 Å². The molecule has 0 aliphatic carbocycles. The average Bonchev–Trinajstić information content (AvgIpc) is 3.01. The van der Waals surface area contributed by atoms with Gasteiger partial charge in [-0.25, -0.2) is 0 Å². The molecule has 0 spiro atoms. The van der Waals surface area contributed by atoms with Crippen LogP contribution in [0.1, 0.15) is 18.9 Å². The molecule has 2 heterocycles. The molecule has 5 heteroatoms. The van der Waals surface area contributed by atoms with Crippen molar-refractivity contribution in [2.24, 2.45) is 5.41 Å². The molecule has 3 rings (SSSR count). The first kappa shape index (κ1) is 17.2. The Hall–Kier alpha value is -1.59. The largest absolute Gasteiger partial charge is 0.497 e. The molecule has 1 amide bonds. The Balaban J connectivity index is 1.48. The maximum Gasteiger partial charge on any atom is 0.227 e. The summed E-state index contributed by atoms with van der Waals surface area (Å²) in [4.78, 5) is 17.1. The molecular weight excluding hydrogens is 302 g/mol. The fraction of sp³-hybridized carbons (Fsp3) is 0.632. The Morgan fingerprint density at radius 3 is 2.75 bits per heavy atom. The maximum absolute atomic E-state index is 12.5. The maximum atomic E-state index is 12.5. The number of carbonyl (C=O) groups is 1. The van der Waals surface area contributed by atoms with Gasteiger partial charge in [0.2, 0.25) is 5.91 Å². The fourth-order valence-electron chi connectivity index (χ4n) is 3.77. The molecule has 24 heavy (non-hydrogen) atoms. The monoisotopic (exact) mass is 331 g/mol. The van der Waals surface area contributed by atoms with E-state index in [1.165, 1.54) is 6.42 Å². The van der Waals surface area contributed by atoms with Crippen LogP contribution < -0.4 is 10.1 Å². The third-order valence-electron chi connectivity index (χ3n) is 5.28. The van der Waals surface area contributed by atoms with Crippen molar-refractivity contribution in [2.45, 2.75) is 19.8 Å². The molecular formula is C19H29N3O2. The SMILES string of the molecule is COc1cccc(CC(=O)N2CCN(CC3(C)CCNC3)CC2)c1. The van der Waals surface area contributed by atoms with Crippen LogP contribution in [0, 0.1) is 5.41 Å². The van der Waals surface area contributed by atoms with Crippen molar-refractivity contribution in [3.8, 4) is 5.75 Å². The van der Waals surface area contributed by atoms with Crippen LogP contribution in [-0.2, 0) is 11.2 Å². The van der Waals surface area contributed by atoms with Gasteiger partial charge in [-0.3, -0.25) is 9.69 Å². The van der Waals surface area contributed by atoms with Crippen LogP contribution in [0.5, 0.6) is 5.75 Å². The van der Waals surface area contributed by atoms with Gasteiger partial charge in [-0.05, 0) is 36.1 Å². The molecule has 2 aliphatic rings. The summed E-state index contributed by atoms with van der Waals surface area (Å²) in [6, 6.07) is 7.79. The summed E-state index contributed by atoms with van der Waals surface area (Å²) in [5.41, 5.74) is 1.42. The number of rotatable bonds is 5. The van der Waals surface area contributed by atoms with Crippen molar-refractivity contribution in [3.05, 3.63) is 29.8 Å². The Labute approximate surface area is 145 Å². The van der Waals surface area contributed by atoms with E-state index in [1.54, 1.807) is 7.11 Å². The Morgan fingerprint density at radius 1 is 1.29 bits per heavy atom. The van der Waals surface area contributed by atoms with Gasteiger partial charge in [-0.2, -0.15) is 0 Å². The van der Waals surface area contributed by atoms with Gasteiger partial charge in [0.25, 0.3) is 0 Å². The van der Waals surface area contributed by atoms with Crippen molar-refractivity contribution in [1.82, 2.24) is 15.1 Å². The number of piperazine rings is 1. The summed E-state index contributed by atoms with van der Waals surface area (Å²) in [5.74, 6) is 1.03. The Morgan fingerprint density at radius 2 is 2.08 bits per heavy atom. The summed E-state index contributed by atoms with van der Waals surface area (Å²) in [5, 5.41) is 3.46. The fourth-order valence-corrected chi connectivity index (χ4v) is 3.77. The first-order chi connectivity index (χ1) is 11.6. The van der Waals surface area contributed by atoms with E-state index in [0.717, 1.165) is 57.1 Å². The van der Waals surface area contributed by atoms with Gasteiger partial charge < -0.3 is 15.0 Å². The lowest BCUT2D eigenvalue weighted by Gasteiger charge is -2.38. The highest BCUT2D eigenvalue weighted by atomic mass is 16.5. The van der Waals surface area contributed by atoms with Crippen LogP contribution in [0.3, 0.4) is 0 Å². The second kappa shape index (κ2) is 7.53. The first-order valence-electron chi connectivity index (χ1n) is 8.92. The molecule has 2 saturated heterocycles. The average molecular weight is 331 g/mol. The summed E-state index contributed by atoms with van der Waals surface area (Å²) in [7, 11) is 1.65. The lowest BCUT2D eigenvalue weighted by atomic mass is 9.89. The van der Waals surface area contributed by atoms with Gasteiger partial charge in [0.15, 0.2) is 0 Å². The molecule has 1 atom stereocenters. The van der Waals surface area contributed by atoms with Crippen LogP contribution >= 0.6 is 0 Å². The number of nitrogens with zero attached hydrogens (tertiary/aromatic N) is 2. The minimum Gasteiger partial charge on any atom is -0.497 e. The molecule has 2 aliphatic heterocycles. The number of hydrogen-bond donors (Lipinski definition) is 1. The quantitative estimate of drug-likeness (QED) is 0.885. The van der Waals surface area contributed by atoms with Gasteiger partial charge in [-0.1, -0.05) is 19.1 Å². The highest BCUT2D eigenvalue weighted by molar-refractivity contribution is 5.79. The molecule has 1 unspecified atom stereocenters. The zero-order valence-corrected chi connectivity index (χ0v) is 14.9. The minimum atomic E-state index is 0.219. The summed E-state index contributed by atoms with van der Waals surface area (Å²) >= 11 is 0. The highest BCUT2D eigenvalue weighted by Crippen LogP contribution is 2.26. The van der Waals surface area contributed by atoms with Crippen LogP contribution in [-0.4, -0.2) is 68.6 Å². The van der Waals surface area contributed by atoms with Crippen molar-refractivity contribution < 1.29 is 9.53 Å². The molecule has 0 aromatic heterocycles. The number of nitrogens with one attached hydrogen (secondary N) is 1. The van der Waals surface area contributed by atoms with Crippen LogP contribution in [0.2, 0.25) is 0 Å². The van der Waals surface area contributed by atoms with Gasteiger partial charge >= 0.3 is 0 Å². The van der Waals surface area contributed by atoms with Crippen LogP contribution in [0.15, 0.2) is 24.3 Å². The topological polar surface area (TPSA) is 44.8 Å². The van der Waals surface area contributed by atoms with Crippen LogP contribution in [0.4, 0.5) is 0 Å². The minimum absolute atomic E-state index is 0.219. The number of benzene rings is 1. The van der Waals surface area contributed by atoms with E-state index in [0.29, 0.717) is 11.8 Å². The van der Waals surface area contributed by atoms with E-state index in [-0.39, 0.29) is 5.91 Å². The Kier molecular flexibility index (Phi) is 5.41. The zero-order valence-electron chi connectivity index (χ0n) is 14.9. The van der Waals surface area contributed by atoms with E-state index in [9.17, 15) is 4.79 Å². The highest BCUT2D eigenvalue weighted by Gasteiger charge is 2.32. The van der Waals surface area contributed by atoms with Gasteiger partial charge in [0.1, 0.15) is 5.75 Å². The normalized spacial score (nSPS) is 25.0. The number of carbonyl (C=O) groups excluding carboxylic acids is 1. The summed E-state index contributed by atoms with van der Waals surface area (Å²) in [6.07, 6.45) is 1.71. The lowest BCUT2D eigenvalue weighted by Crippen LogP contribution is -2.51. The van der Waals surface area contributed by atoms with E-state index in [4.69, 9.17) is 4.74 Å². The molecule has 1 aromatic rings. The van der Waals surface area contributed by atoms with Crippen molar-refractivity contribution in [3.63, 3.8) is 0 Å². The predicted molar refractivity (Wildman–Crippen MR) is 95.3 cm³/mol. The molecule has 0 bridgehead atoms. The van der Waals surface area contributed by atoms with E-state index in [1.807, 2.05) is 29.2 Å². The molecule has 2 fully saturated rings. The number of hydrogen-bond acceptors (Lipinski definition) is 4. The smallest absolute Gasteiger partial charge is 0.227 e. The molecule has 132 valence electrons. The summed E-state index contributed by atoms with van der Waals surface area (Å²) in [6.45, 7) is 9.40. The van der Waals surface area contributed by atoms with Crippen LogP contribution in [0.25, 0.3) is 0 Å². The van der Waals surface area contributed by atoms with E-state index >= 15 is 0 Å². The summed E-state index contributed by atoms with van der Waals surface area (Å²) < 4.78 is 5.23.